The number of nitrogens with one attached hydrogen (secondary N) is 1. The number of nitrogens with two attached hydrogens (primary N) is 1. The predicted octanol–water partition coefficient (Wildman–Crippen LogP) is -0.312. The number of fused-ring (bicyclic) bond motifs is 1. The zero-order chi connectivity index (χ0) is 10.2. The molecule has 2 atom stereocenters. The van der Waals surface area contributed by atoms with Gasteiger partial charge in [-0.25, -0.2) is 0 Å². The predicted molar refractivity (Wildman–Crippen MR) is 54.8 cm³/mol. The maximum Gasteiger partial charge on any atom is 0.239 e. The number of primary amides is 1. The highest BCUT2D eigenvalue weighted by atomic mass is 16.1. The number of carbonyl (C=O) groups excluding carboxylic acids is 1. The number of carbonyl (C=O) groups is 1. The average molecular weight is 197 g/mol. The molecule has 3 N–H and O–H groups in total. The van der Waals surface area contributed by atoms with Gasteiger partial charge < -0.3 is 11.1 Å². The van der Waals surface area contributed by atoms with Crippen LogP contribution in [0.2, 0.25) is 0 Å². The van der Waals surface area contributed by atoms with Gasteiger partial charge in [-0.3, -0.25) is 9.69 Å². The summed E-state index contributed by atoms with van der Waals surface area (Å²) in [7, 11) is 1.85. The summed E-state index contributed by atoms with van der Waals surface area (Å²) in [6.45, 7) is 2.13. The van der Waals surface area contributed by atoms with Crippen LogP contribution in [-0.4, -0.2) is 42.5 Å². The summed E-state index contributed by atoms with van der Waals surface area (Å²) in [5.41, 5.74) is 5.06. The highest BCUT2D eigenvalue weighted by molar-refractivity contribution is 5.86. The zero-order valence-electron chi connectivity index (χ0n) is 8.75. The normalized spacial score (nSPS) is 38.2. The van der Waals surface area contributed by atoms with Crippen LogP contribution >= 0.6 is 0 Å². The van der Waals surface area contributed by atoms with Crippen LogP contribution in [0.3, 0.4) is 0 Å². The molecule has 0 radical (unpaired) electrons. The number of rotatable bonds is 2. The molecule has 2 unspecified atom stereocenters. The maximum atomic E-state index is 11.5. The molecule has 0 bridgehead atoms. The number of amides is 1. The number of nitrogens with zero attached hydrogens (tertiary/aromatic N) is 1. The van der Waals surface area contributed by atoms with E-state index in [-0.39, 0.29) is 5.91 Å². The third kappa shape index (κ3) is 1.25. The summed E-state index contributed by atoms with van der Waals surface area (Å²) in [5.74, 6) is -0.186. The lowest BCUT2D eigenvalue weighted by atomic mass is 9.85. The lowest BCUT2D eigenvalue weighted by Gasteiger charge is -2.38. The first-order chi connectivity index (χ1) is 6.70. The molecule has 2 aliphatic rings. The van der Waals surface area contributed by atoms with Crippen molar-refractivity contribution in [2.24, 2.45) is 5.73 Å². The van der Waals surface area contributed by atoms with Crippen LogP contribution in [0.5, 0.6) is 0 Å². The lowest BCUT2D eigenvalue weighted by molar-refractivity contribution is -0.125. The fourth-order valence-electron chi connectivity index (χ4n) is 3.01. The largest absolute Gasteiger partial charge is 0.368 e. The molecule has 2 rings (SSSR count). The zero-order valence-corrected chi connectivity index (χ0v) is 8.75. The van der Waals surface area contributed by atoms with Gasteiger partial charge in [-0.2, -0.15) is 0 Å². The SMILES string of the molecule is CNC1(C(N)=O)CCN2CCCCC21. The second kappa shape index (κ2) is 3.51. The van der Waals surface area contributed by atoms with Gasteiger partial charge in [0.2, 0.25) is 5.91 Å². The van der Waals surface area contributed by atoms with Crippen molar-refractivity contribution < 1.29 is 4.79 Å². The van der Waals surface area contributed by atoms with Gasteiger partial charge in [-0.05, 0) is 32.9 Å². The van der Waals surface area contributed by atoms with Crippen molar-refractivity contribution >= 4 is 5.91 Å². The van der Waals surface area contributed by atoms with Crippen LogP contribution in [-0.2, 0) is 4.79 Å². The molecule has 0 aromatic carbocycles. The minimum Gasteiger partial charge on any atom is -0.368 e. The van der Waals surface area contributed by atoms with Gasteiger partial charge in [0, 0.05) is 12.6 Å². The Bertz CT molecular complexity index is 244. The third-order valence-electron chi connectivity index (χ3n) is 3.86. The second-order valence-electron chi connectivity index (χ2n) is 4.38. The van der Waals surface area contributed by atoms with Crippen molar-refractivity contribution in [1.82, 2.24) is 10.2 Å². The van der Waals surface area contributed by atoms with E-state index in [9.17, 15) is 4.79 Å². The van der Waals surface area contributed by atoms with E-state index in [1.165, 1.54) is 12.8 Å². The molecule has 2 saturated heterocycles. The summed E-state index contributed by atoms with van der Waals surface area (Å²) in [4.78, 5) is 14.0. The lowest BCUT2D eigenvalue weighted by Crippen LogP contribution is -2.62. The Balaban J connectivity index is 2.22. The first-order valence-corrected chi connectivity index (χ1v) is 5.43. The molecule has 2 heterocycles. The smallest absolute Gasteiger partial charge is 0.239 e. The molecule has 4 nitrogen and oxygen atoms in total. The molecule has 0 spiro atoms. The molecular weight excluding hydrogens is 178 g/mol. The molecule has 0 aromatic rings. The van der Waals surface area contributed by atoms with Crippen LogP contribution in [0.15, 0.2) is 0 Å². The summed E-state index contributed by atoms with van der Waals surface area (Å²) >= 11 is 0. The Hall–Kier alpha value is -0.610. The summed E-state index contributed by atoms with van der Waals surface area (Å²) < 4.78 is 0. The Morgan fingerprint density at radius 3 is 2.93 bits per heavy atom. The summed E-state index contributed by atoms with van der Waals surface area (Å²) in [6, 6.07) is 0.332. The van der Waals surface area contributed by atoms with E-state index in [1.54, 1.807) is 0 Å². The van der Waals surface area contributed by atoms with Crippen molar-refractivity contribution in [3.05, 3.63) is 0 Å². The minimum absolute atomic E-state index is 0.186. The molecule has 0 aromatic heterocycles. The molecule has 14 heavy (non-hydrogen) atoms. The molecule has 2 fully saturated rings. The number of hydrogen-bond acceptors (Lipinski definition) is 3. The van der Waals surface area contributed by atoms with Gasteiger partial charge in [-0.15, -0.1) is 0 Å². The number of hydrogen-bond donors (Lipinski definition) is 2. The van der Waals surface area contributed by atoms with Gasteiger partial charge in [0.05, 0.1) is 0 Å². The average Bonchev–Trinajstić information content (AvgIpc) is 2.57. The van der Waals surface area contributed by atoms with Crippen molar-refractivity contribution in [3.63, 3.8) is 0 Å². The molecule has 1 amide bonds. The van der Waals surface area contributed by atoms with E-state index in [1.807, 2.05) is 7.05 Å². The standard InChI is InChI=1S/C10H19N3O/c1-12-10(9(11)14)5-7-13-6-3-2-4-8(10)13/h8,12H,2-7H2,1H3,(H2,11,14). The van der Waals surface area contributed by atoms with Crippen LogP contribution < -0.4 is 11.1 Å². The highest BCUT2D eigenvalue weighted by Crippen LogP contribution is 2.34. The topological polar surface area (TPSA) is 58.4 Å². The van der Waals surface area contributed by atoms with E-state index in [0.717, 1.165) is 25.9 Å². The second-order valence-corrected chi connectivity index (χ2v) is 4.38. The van der Waals surface area contributed by atoms with Crippen molar-refractivity contribution in [1.29, 1.82) is 0 Å². The Morgan fingerprint density at radius 2 is 2.29 bits per heavy atom. The van der Waals surface area contributed by atoms with Crippen molar-refractivity contribution in [2.45, 2.75) is 37.3 Å². The van der Waals surface area contributed by atoms with Gasteiger partial charge >= 0.3 is 0 Å². The molecule has 2 aliphatic heterocycles. The van der Waals surface area contributed by atoms with Gasteiger partial charge in [0.1, 0.15) is 5.54 Å². The van der Waals surface area contributed by atoms with E-state index in [4.69, 9.17) is 5.73 Å². The fraction of sp³-hybridized carbons (Fsp3) is 0.900. The monoisotopic (exact) mass is 197 g/mol. The number of likely N-dealkylation sites (N-methyl/N-ethyl adjacent to an activating group) is 1. The van der Waals surface area contributed by atoms with Crippen LogP contribution in [0, 0.1) is 0 Å². The van der Waals surface area contributed by atoms with Gasteiger partial charge in [0.25, 0.3) is 0 Å². The van der Waals surface area contributed by atoms with E-state index >= 15 is 0 Å². The molecular formula is C10H19N3O. The number of piperidine rings is 1. The van der Waals surface area contributed by atoms with Crippen molar-refractivity contribution in [3.8, 4) is 0 Å². The van der Waals surface area contributed by atoms with Gasteiger partial charge in [-0.1, -0.05) is 6.42 Å². The maximum absolute atomic E-state index is 11.5. The first kappa shape index (κ1) is 9.93. The van der Waals surface area contributed by atoms with E-state index < -0.39 is 5.54 Å². The first-order valence-electron chi connectivity index (χ1n) is 5.43. The fourth-order valence-corrected chi connectivity index (χ4v) is 3.01. The van der Waals surface area contributed by atoms with Crippen LogP contribution in [0.4, 0.5) is 0 Å². The molecule has 4 heteroatoms. The Labute approximate surface area is 84.8 Å². The van der Waals surface area contributed by atoms with E-state index in [0.29, 0.717) is 6.04 Å². The minimum atomic E-state index is -0.458. The Morgan fingerprint density at radius 1 is 1.50 bits per heavy atom. The molecule has 80 valence electrons. The Kier molecular flexibility index (Phi) is 2.49. The highest BCUT2D eigenvalue weighted by Gasteiger charge is 2.50. The van der Waals surface area contributed by atoms with E-state index in [2.05, 4.69) is 10.2 Å². The van der Waals surface area contributed by atoms with Crippen LogP contribution in [0.25, 0.3) is 0 Å². The summed E-state index contributed by atoms with van der Waals surface area (Å²) in [6.07, 6.45) is 4.44. The van der Waals surface area contributed by atoms with Gasteiger partial charge in [0.15, 0.2) is 0 Å². The molecule has 0 aliphatic carbocycles. The van der Waals surface area contributed by atoms with Crippen LogP contribution in [0.1, 0.15) is 25.7 Å². The quantitative estimate of drug-likeness (QED) is 0.638. The molecule has 0 saturated carbocycles. The van der Waals surface area contributed by atoms with Crippen molar-refractivity contribution in [2.75, 3.05) is 20.1 Å². The summed E-state index contributed by atoms with van der Waals surface area (Å²) in [5, 5.41) is 3.16. The third-order valence-corrected chi connectivity index (χ3v) is 3.86.